The first kappa shape index (κ1) is 12.7. The molecular formula is C17H21N. The van der Waals surface area contributed by atoms with Gasteiger partial charge in [0.25, 0.3) is 0 Å². The summed E-state index contributed by atoms with van der Waals surface area (Å²) >= 11 is 0. The average Bonchev–Trinajstić information content (AvgIpc) is 2.40. The molecule has 0 radical (unpaired) electrons. The second-order valence-electron chi connectivity index (χ2n) is 5.09. The highest BCUT2D eigenvalue weighted by atomic mass is 15.1. The molecule has 0 bridgehead atoms. The van der Waals surface area contributed by atoms with E-state index in [0.29, 0.717) is 5.92 Å². The lowest BCUT2D eigenvalue weighted by Gasteiger charge is -2.20. The Morgan fingerprint density at radius 1 is 0.944 bits per heavy atom. The van der Waals surface area contributed by atoms with Crippen molar-refractivity contribution in [1.29, 1.82) is 0 Å². The molecule has 0 aliphatic heterocycles. The van der Waals surface area contributed by atoms with Gasteiger partial charge in [0.05, 0.1) is 0 Å². The molecule has 0 amide bonds. The minimum atomic E-state index is 0.590. The van der Waals surface area contributed by atoms with E-state index in [1.54, 1.807) is 0 Å². The first-order valence-corrected chi connectivity index (χ1v) is 6.52. The van der Waals surface area contributed by atoms with Gasteiger partial charge in [-0.1, -0.05) is 56.3 Å². The summed E-state index contributed by atoms with van der Waals surface area (Å²) in [6, 6.07) is 19.4. The Kier molecular flexibility index (Phi) is 4.03. The molecule has 0 atom stereocenters. The number of para-hydroxylation sites is 1. The van der Waals surface area contributed by atoms with Gasteiger partial charge in [-0.2, -0.15) is 0 Å². The van der Waals surface area contributed by atoms with Gasteiger partial charge >= 0.3 is 0 Å². The maximum Gasteiger partial charge on any atom is 0.0426 e. The van der Waals surface area contributed by atoms with Crippen molar-refractivity contribution in [2.45, 2.75) is 26.3 Å². The molecule has 1 heteroatoms. The van der Waals surface area contributed by atoms with Crippen LogP contribution in [0.1, 0.15) is 30.9 Å². The molecule has 2 rings (SSSR count). The largest absolute Gasteiger partial charge is 0.370 e. The molecule has 0 unspecified atom stereocenters. The molecule has 0 N–H and O–H groups in total. The summed E-state index contributed by atoms with van der Waals surface area (Å²) in [5, 5.41) is 0. The highest BCUT2D eigenvalue weighted by Crippen LogP contribution is 2.18. The van der Waals surface area contributed by atoms with Gasteiger partial charge in [0.1, 0.15) is 0 Å². The normalized spacial score (nSPS) is 10.7. The van der Waals surface area contributed by atoms with Gasteiger partial charge in [-0.25, -0.2) is 0 Å². The van der Waals surface area contributed by atoms with Crippen LogP contribution in [0.25, 0.3) is 0 Å². The molecule has 0 heterocycles. The SMILES string of the molecule is CC(C)c1cccc(CN(C)c2ccccc2)c1. The van der Waals surface area contributed by atoms with Crippen LogP contribution in [0.15, 0.2) is 54.6 Å². The molecule has 2 aromatic carbocycles. The van der Waals surface area contributed by atoms with Crippen LogP contribution in [0.5, 0.6) is 0 Å². The summed E-state index contributed by atoms with van der Waals surface area (Å²) in [5.41, 5.74) is 4.04. The molecule has 0 spiro atoms. The molecule has 0 saturated carbocycles. The molecule has 0 aliphatic carbocycles. The Morgan fingerprint density at radius 2 is 1.67 bits per heavy atom. The number of hydrogen-bond acceptors (Lipinski definition) is 1. The van der Waals surface area contributed by atoms with Gasteiger partial charge in [-0.05, 0) is 29.2 Å². The lowest BCUT2D eigenvalue weighted by atomic mass is 10.0. The lowest BCUT2D eigenvalue weighted by Crippen LogP contribution is -2.16. The van der Waals surface area contributed by atoms with Crippen LogP contribution in [0, 0.1) is 0 Å². The molecule has 0 saturated heterocycles. The number of nitrogens with zero attached hydrogens (tertiary/aromatic N) is 1. The summed E-state index contributed by atoms with van der Waals surface area (Å²) in [6.07, 6.45) is 0. The van der Waals surface area contributed by atoms with Gasteiger partial charge in [-0.3, -0.25) is 0 Å². The van der Waals surface area contributed by atoms with Crippen molar-refractivity contribution in [2.75, 3.05) is 11.9 Å². The Labute approximate surface area is 110 Å². The quantitative estimate of drug-likeness (QED) is 0.762. The van der Waals surface area contributed by atoms with Crippen LogP contribution in [-0.4, -0.2) is 7.05 Å². The van der Waals surface area contributed by atoms with Gasteiger partial charge in [0.2, 0.25) is 0 Å². The van der Waals surface area contributed by atoms with Crippen LogP contribution in [0.2, 0.25) is 0 Å². The zero-order valence-corrected chi connectivity index (χ0v) is 11.4. The van der Waals surface area contributed by atoms with E-state index in [1.165, 1.54) is 16.8 Å². The molecule has 0 fully saturated rings. The van der Waals surface area contributed by atoms with Gasteiger partial charge in [-0.15, -0.1) is 0 Å². The highest BCUT2D eigenvalue weighted by molar-refractivity contribution is 5.46. The first-order valence-electron chi connectivity index (χ1n) is 6.52. The fraction of sp³-hybridized carbons (Fsp3) is 0.294. The predicted octanol–water partition coefficient (Wildman–Crippen LogP) is 4.45. The third-order valence-corrected chi connectivity index (χ3v) is 3.23. The number of anilines is 1. The Bertz CT molecular complexity index is 488. The lowest BCUT2D eigenvalue weighted by molar-refractivity contribution is 0.854. The summed E-state index contributed by atoms with van der Waals surface area (Å²) in [7, 11) is 2.14. The van der Waals surface area contributed by atoms with Crippen LogP contribution in [0.4, 0.5) is 5.69 Å². The molecule has 2 aromatic rings. The van der Waals surface area contributed by atoms with E-state index in [1.807, 2.05) is 0 Å². The van der Waals surface area contributed by atoms with Crippen LogP contribution in [0.3, 0.4) is 0 Å². The number of benzene rings is 2. The van der Waals surface area contributed by atoms with Gasteiger partial charge in [0, 0.05) is 19.3 Å². The predicted molar refractivity (Wildman–Crippen MR) is 79.1 cm³/mol. The zero-order chi connectivity index (χ0) is 13.0. The van der Waals surface area contributed by atoms with Crippen molar-refractivity contribution in [3.8, 4) is 0 Å². The van der Waals surface area contributed by atoms with Crippen molar-refractivity contribution in [1.82, 2.24) is 0 Å². The number of hydrogen-bond donors (Lipinski definition) is 0. The Hall–Kier alpha value is -1.76. The average molecular weight is 239 g/mol. The van der Waals surface area contributed by atoms with Crippen molar-refractivity contribution < 1.29 is 0 Å². The summed E-state index contributed by atoms with van der Waals surface area (Å²) in [6.45, 7) is 5.42. The van der Waals surface area contributed by atoms with E-state index in [0.717, 1.165) is 6.54 Å². The fourth-order valence-electron chi connectivity index (χ4n) is 2.10. The zero-order valence-electron chi connectivity index (χ0n) is 11.4. The smallest absolute Gasteiger partial charge is 0.0426 e. The second kappa shape index (κ2) is 5.72. The van der Waals surface area contributed by atoms with Crippen LogP contribution in [-0.2, 0) is 6.54 Å². The highest BCUT2D eigenvalue weighted by Gasteiger charge is 2.04. The molecule has 94 valence electrons. The maximum absolute atomic E-state index is 2.31. The van der Waals surface area contributed by atoms with Crippen molar-refractivity contribution in [2.24, 2.45) is 0 Å². The molecular weight excluding hydrogens is 218 g/mol. The molecule has 0 aromatic heterocycles. The van der Waals surface area contributed by atoms with E-state index < -0.39 is 0 Å². The standard InChI is InChI=1S/C17H21N/c1-14(2)16-9-7-8-15(12-16)13-18(3)17-10-5-4-6-11-17/h4-12,14H,13H2,1-3H3. The van der Waals surface area contributed by atoms with E-state index in [4.69, 9.17) is 0 Å². The van der Waals surface area contributed by atoms with Crippen LogP contribution < -0.4 is 4.90 Å². The molecule has 0 aliphatic rings. The third kappa shape index (κ3) is 3.13. The summed E-state index contributed by atoms with van der Waals surface area (Å²) in [5.74, 6) is 0.590. The fourth-order valence-corrected chi connectivity index (χ4v) is 2.10. The van der Waals surface area contributed by atoms with E-state index in [2.05, 4.69) is 80.4 Å². The number of rotatable bonds is 4. The first-order chi connectivity index (χ1) is 8.66. The Balaban J connectivity index is 2.12. The Morgan fingerprint density at radius 3 is 2.33 bits per heavy atom. The minimum absolute atomic E-state index is 0.590. The van der Waals surface area contributed by atoms with Gasteiger partial charge in [0.15, 0.2) is 0 Å². The topological polar surface area (TPSA) is 3.24 Å². The van der Waals surface area contributed by atoms with E-state index in [-0.39, 0.29) is 0 Å². The summed E-state index contributed by atoms with van der Waals surface area (Å²) < 4.78 is 0. The van der Waals surface area contributed by atoms with Gasteiger partial charge < -0.3 is 4.90 Å². The summed E-state index contributed by atoms with van der Waals surface area (Å²) in [4.78, 5) is 2.28. The minimum Gasteiger partial charge on any atom is -0.370 e. The maximum atomic E-state index is 2.31. The van der Waals surface area contributed by atoms with Crippen LogP contribution >= 0.6 is 0 Å². The molecule has 1 nitrogen and oxygen atoms in total. The van der Waals surface area contributed by atoms with Crippen molar-refractivity contribution >= 4 is 5.69 Å². The molecule has 18 heavy (non-hydrogen) atoms. The van der Waals surface area contributed by atoms with Crippen molar-refractivity contribution in [3.05, 3.63) is 65.7 Å². The van der Waals surface area contributed by atoms with E-state index in [9.17, 15) is 0 Å². The van der Waals surface area contributed by atoms with E-state index >= 15 is 0 Å². The third-order valence-electron chi connectivity index (χ3n) is 3.23. The second-order valence-corrected chi connectivity index (χ2v) is 5.09. The monoisotopic (exact) mass is 239 g/mol. The van der Waals surface area contributed by atoms with Crippen molar-refractivity contribution in [3.63, 3.8) is 0 Å².